The number of nitrogens with zero attached hydrogens (tertiary/aromatic N) is 1. The van der Waals surface area contributed by atoms with Crippen LogP contribution in [0.1, 0.15) is 28.4 Å². The molecule has 0 radical (unpaired) electrons. The number of benzene rings is 2. The lowest BCUT2D eigenvalue weighted by atomic mass is 10.1. The minimum atomic E-state index is -1.07. The largest absolute Gasteiger partial charge is 0.493 e. The summed E-state index contributed by atoms with van der Waals surface area (Å²) in [6, 6.07) is 12.0. The van der Waals surface area contributed by atoms with Crippen LogP contribution in [0.3, 0.4) is 0 Å². The number of carbonyl (C=O) groups is 2. The van der Waals surface area contributed by atoms with Gasteiger partial charge in [-0.25, -0.2) is 10.2 Å². The van der Waals surface area contributed by atoms with Crippen molar-refractivity contribution in [3.05, 3.63) is 59.2 Å². The molecule has 0 spiro atoms. The van der Waals surface area contributed by atoms with E-state index < -0.39 is 12.1 Å². The topological polar surface area (TPSA) is 97.2 Å². The van der Waals surface area contributed by atoms with Crippen LogP contribution in [0, 0.1) is 6.92 Å². The normalized spacial score (nSPS) is 11.8. The Morgan fingerprint density at radius 3 is 2.46 bits per heavy atom. The molecule has 2 N–H and O–H groups in total. The van der Waals surface area contributed by atoms with Crippen LogP contribution < -0.4 is 14.9 Å². The molecule has 26 heavy (non-hydrogen) atoms. The standard InChI is InChI=1S/C19H20N2O5/c1-12-4-7-15(8-5-12)18(22)21-20-11-14-6-9-16(17(10-14)25-3)26-13(2)19(23)24/h4-11,13H,1-3H3,(H,21,22)(H,23,24)/b20-11-/t13-/m1/s1. The molecule has 7 heteroatoms. The molecular weight excluding hydrogens is 336 g/mol. The number of hydrogen-bond acceptors (Lipinski definition) is 5. The lowest BCUT2D eigenvalue weighted by Crippen LogP contribution is -2.23. The van der Waals surface area contributed by atoms with Crippen molar-refractivity contribution in [1.29, 1.82) is 0 Å². The third-order valence-corrected chi connectivity index (χ3v) is 3.53. The predicted octanol–water partition coefficient (Wildman–Crippen LogP) is 2.62. The summed E-state index contributed by atoms with van der Waals surface area (Å²) in [4.78, 5) is 22.9. The fourth-order valence-corrected chi connectivity index (χ4v) is 2.04. The van der Waals surface area contributed by atoms with E-state index in [2.05, 4.69) is 10.5 Å². The molecule has 0 bridgehead atoms. The summed E-state index contributed by atoms with van der Waals surface area (Å²) >= 11 is 0. The van der Waals surface area contributed by atoms with Crippen LogP contribution in [0.15, 0.2) is 47.6 Å². The zero-order valence-electron chi connectivity index (χ0n) is 14.7. The number of nitrogens with one attached hydrogen (secondary N) is 1. The summed E-state index contributed by atoms with van der Waals surface area (Å²) in [6.45, 7) is 3.37. The highest BCUT2D eigenvalue weighted by atomic mass is 16.5. The van der Waals surface area contributed by atoms with Gasteiger partial charge in [-0.3, -0.25) is 4.79 Å². The van der Waals surface area contributed by atoms with Gasteiger partial charge in [0.05, 0.1) is 13.3 Å². The Labute approximate surface area is 151 Å². The molecule has 0 fully saturated rings. The Morgan fingerprint density at radius 1 is 1.15 bits per heavy atom. The fraction of sp³-hybridized carbons (Fsp3) is 0.211. The second-order valence-electron chi connectivity index (χ2n) is 5.57. The molecule has 7 nitrogen and oxygen atoms in total. The van der Waals surface area contributed by atoms with Crippen molar-refractivity contribution in [3.63, 3.8) is 0 Å². The first-order valence-electron chi connectivity index (χ1n) is 7.88. The van der Waals surface area contributed by atoms with E-state index in [0.717, 1.165) is 5.56 Å². The number of carboxylic acid groups (broad SMARTS) is 1. The Hall–Kier alpha value is -3.35. The molecule has 0 unspecified atom stereocenters. The summed E-state index contributed by atoms with van der Waals surface area (Å²) in [5, 5.41) is 12.8. The van der Waals surface area contributed by atoms with Gasteiger partial charge < -0.3 is 14.6 Å². The molecule has 0 aromatic heterocycles. The van der Waals surface area contributed by atoms with E-state index >= 15 is 0 Å². The van der Waals surface area contributed by atoms with Crippen LogP contribution >= 0.6 is 0 Å². The highest BCUT2D eigenvalue weighted by Crippen LogP contribution is 2.28. The van der Waals surface area contributed by atoms with Crippen LogP contribution in [-0.4, -0.2) is 36.4 Å². The third kappa shape index (κ3) is 5.07. The van der Waals surface area contributed by atoms with E-state index in [1.54, 1.807) is 30.3 Å². The molecule has 0 aliphatic carbocycles. The van der Waals surface area contributed by atoms with Crippen molar-refractivity contribution in [1.82, 2.24) is 5.43 Å². The van der Waals surface area contributed by atoms with Gasteiger partial charge in [0.2, 0.25) is 0 Å². The lowest BCUT2D eigenvalue weighted by molar-refractivity contribution is -0.144. The first kappa shape index (κ1) is 19.0. The Kier molecular flexibility index (Phi) is 6.32. The number of carbonyl (C=O) groups excluding carboxylic acids is 1. The molecule has 0 aliphatic rings. The zero-order chi connectivity index (χ0) is 19.1. The van der Waals surface area contributed by atoms with Gasteiger partial charge in [0.25, 0.3) is 5.91 Å². The van der Waals surface area contributed by atoms with Crippen molar-refractivity contribution in [3.8, 4) is 11.5 Å². The van der Waals surface area contributed by atoms with Gasteiger partial charge in [0.1, 0.15) is 0 Å². The SMILES string of the molecule is COc1cc(/C=N\NC(=O)c2ccc(C)cc2)ccc1O[C@H](C)C(=O)O. The molecule has 2 rings (SSSR count). The molecule has 136 valence electrons. The van der Waals surface area contributed by atoms with Gasteiger partial charge in [-0.1, -0.05) is 17.7 Å². The van der Waals surface area contributed by atoms with Gasteiger partial charge in [0, 0.05) is 5.56 Å². The Bertz CT molecular complexity index is 815. The first-order valence-corrected chi connectivity index (χ1v) is 7.88. The van der Waals surface area contributed by atoms with Crippen molar-refractivity contribution < 1.29 is 24.2 Å². The molecule has 0 heterocycles. The second-order valence-corrected chi connectivity index (χ2v) is 5.57. The lowest BCUT2D eigenvalue weighted by Gasteiger charge is -2.14. The molecule has 2 aromatic rings. The van der Waals surface area contributed by atoms with Crippen LogP contribution in [-0.2, 0) is 4.79 Å². The van der Waals surface area contributed by atoms with E-state index in [1.165, 1.54) is 20.2 Å². The second kappa shape index (κ2) is 8.66. The summed E-state index contributed by atoms with van der Waals surface area (Å²) in [5.41, 5.74) is 4.68. The number of ether oxygens (including phenoxy) is 2. The maximum atomic E-state index is 12.0. The molecule has 0 saturated carbocycles. The first-order chi connectivity index (χ1) is 12.4. The molecule has 1 amide bonds. The number of rotatable bonds is 7. The highest BCUT2D eigenvalue weighted by molar-refractivity contribution is 5.94. The molecule has 1 atom stereocenters. The number of amides is 1. The number of aliphatic carboxylic acids is 1. The number of aryl methyl sites for hydroxylation is 1. The van der Waals surface area contributed by atoms with Crippen molar-refractivity contribution in [2.24, 2.45) is 5.10 Å². The maximum absolute atomic E-state index is 12.0. The quantitative estimate of drug-likeness (QED) is 0.587. The van der Waals surface area contributed by atoms with E-state index in [0.29, 0.717) is 22.6 Å². The average molecular weight is 356 g/mol. The number of carboxylic acids is 1. The van der Waals surface area contributed by atoms with Crippen molar-refractivity contribution >= 4 is 18.1 Å². The minimum absolute atomic E-state index is 0.309. The third-order valence-electron chi connectivity index (χ3n) is 3.53. The van der Waals surface area contributed by atoms with Gasteiger partial charge in [-0.05, 0) is 49.7 Å². The van der Waals surface area contributed by atoms with Crippen LogP contribution in [0.25, 0.3) is 0 Å². The molecule has 0 aliphatic heterocycles. The number of hydrogen-bond donors (Lipinski definition) is 2. The summed E-state index contributed by atoms with van der Waals surface area (Å²) in [7, 11) is 1.45. The summed E-state index contributed by atoms with van der Waals surface area (Å²) in [5.74, 6) is -0.713. The van der Waals surface area contributed by atoms with Gasteiger partial charge in [-0.15, -0.1) is 0 Å². The maximum Gasteiger partial charge on any atom is 0.344 e. The van der Waals surface area contributed by atoms with E-state index in [4.69, 9.17) is 14.6 Å². The monoisotopic (exact) mass is 356 g/mol. The molecule has 2 aromatic carbocycles. The predicted molar refractivity (Wildman–Crippen MR) is 97.0 cm³/mol. The molecular formula is C19H20N2O5. The average Bonchev–Trinajstić information content (AvgIpc) is 2.63. The van der Waals surface area contributed by atoms with Crippen LogP contribution in [0.2, 0.25) is 0 Å². The molecule has 0 saturated heterocycles. The van der Waals surface area contributed by atoms with Crippen molar-refractivity contribution in [2.45, 2.75) is 20.0 Å². The smallest absolute Gasteiger partial charge is 0.344 e. The van der Waals surface area contributed by atoms with Gasteiger partial charge in [-0.2, -0.15) is 5.10 Å². The number of methoxy groups -OCH3 is 1. The van der Waals surface area contributed by atoms with Crippen LogP contribution in [0.5, 0.6) is 11.5 Å². The summed E-state index contributed by atoms with van der Waals surface area (Å²) < 4.78 is 10.5. The van der Waals surface area contributed by atoms with Crippen LogP contribution in [0.4, 0.5) is 0 Å². The Morgan fingerprint density at radius 2 is 1.85 bits per heavy atom. The van der Waals surface area contributed by atoms with E-state index in [-0.39, 0.29) is 5.91 Å². The van der Waals surface area contributed by atoms with E-state index in [9.17, 15) is 9.59 Å². The fourth-order valence-electron chi connectivity index (χ4n) is 2.04. The minimum Gasteiger partial charge on any atom is -0.493 e. The Balaban J connectivity index is 2.04. The van der Waals surface area contributed by atoms with Gasteiger partial charge in [0.15, 0.2) is 17.6 Å². The zero-order valence-corrected chi connectivity index (χ0v) is 14.7. The van der Waals surface area contributed by atoms with E-state index in [1.807, 2.05) is 19.1 Å². The summed E-state index contributed by atoms with van der Waals surface area (Å²) in [6.07, 6.45) is 0.455. The number of hydrazone groups is 1. The highest BCUT2D eigenvalue weighted by Gasteiger charge is 2.15. The van der Waals surface area contributed by atoms with Gasteiger partial charge >= 0.3 is 5.97 Å². The van der Waals surface area contributed by atoms with Crippen molar-refractivity contribution in [2.75, 3.05) is 7.11 Å².